The molecule has 4 rings (SSSR count). The summed E-state index contributed by atoms with van der Waals surface area (Å²) in [5, 5.41) is 8.27. The quantitative estimate of drug-likeness (QED) is 0.441. The Morgan fingerprint density at radius 2 is 0.864 bits per heavy atom. The van der Waals surface area contributed by atoms with Crippen LogP contribution in [-0.2, 0) is 0 Å². The monoisotopic (exact) mass is 285 g/mol. The normalized spacial score (nSPS) is 10.0. The molecule has 0 amide bonds. The van der Waals surface area contributed by atoms with Crippen LogP contribution < -0.4 is 5.32 Å². The van der Waals surface area contributed by atoms with E-state index in [2.05, 4.69) is 66.0 Å². The van der Waals surface area contributed by atoms with Crippen molar-refractivity contribution in [3.8, 4) is 0 Å². The van der Waals surface area contributed by atoms with Gasteiger partial charge in [0.1, 0.15) is 0 Å². The smallest absolute Gasteiger partial charge is 0.0337 e. The maximum Gasteiger partial charge on any atom is 0.0337 e. The summed E-state index contributed by atoms with van der Waals surface area (Å²) in [6, 6.07) is 31.5. The van der Waals surface area contributed by atoms with Crippen LogP contribution in [0.5, 0.6) is 0 Å². The third kappa shape index (κ3) is 3.26. The zero-order valence-electron chi connectivity index (χ0n) is 12.7. The number of rotatable bonds is 1. The highest BCUT2D eigenvalue weighted by Gasteiger charge is 1.95. The van der Waals surface area contributed by atoms with E-state index in [-0.39, 0.29) is 0 Å². The van der Waals surface area contributed by atoms with Gasteiger partial charge in [0.25, 0.3) is 0 Å². The molecule has 0 aliphatic heterocycles. The van der Waals surface area contributed by atoms with Crippen molar-refractivity contribution in [3.63, 3.8) is 0 Å². The summed E-state index contributed by atoms with van der Waals surface area (Å²) >= 11 is 0. The summed E-state index contributed by atoms with van der Waals surface area (Å²) in [7, 11) is 1.91. The Balaban J connectivity index is 0.000000154. The molecule has 0 unspecified atom stereocenters. The van der Waals surface area contributed by atoms with Crippen molar-refractivity contribution in [2.24, 2.45) is 0 Å². The highest BCUT2D eigenvalue weighted by Crippen LogP contribution is 2.21. The molecular formula is C21H19N. The maximum atomic E-state index is 3.03. The third-order valence-electron chi connectivity index (χ3n) is 3.68. The summed E-state index contributed by atoms with van der Waals surface area (Å²) in [5.74, 6) is 0. The van der Waals surface area contributed by atoms with Crippen LogP contribution in [0.4, 0.5) is 5.69 Å². The van der Waals surface area contributed by atoms with E-state index in [1.54, 1.807) is 0 Å². The van der Waals surface area contributed by atoms with E-state index in [0.29, 0.717) is 0 Å². The van der Waals surface area contributed by atoms with Crippen LogP contribution in [-0.4, -0.2) is 7.05 Å². The lowest BCUT2D eigenvalue weighted by atomic mass is 10.0. The van der Waals surface area contributed by atoms with Crippen LogP contribution in [0.3, 0.4) is 0 Å². The first-order chi connectivity index (χ1) is 10.9. The minimum Gasteiger partial charge on any atom is -0.388 e. The fourth-order valence-corrected chi connectivity index (χ4v) is 2.49. The standard InChI is InChI=1S/C14H10.C7H9N/c1-2-6-12-10-14-8-4-3-7-13(14)9-11(12)5-1;1-8-7-5-3-2-4-6-7/h1-10H;2-6,8H,1H3. The highest BCUT2D eigenvalue weighted by molar-refractivity contribution is 5.98. The molecule has 0 aliphatic carbocycles. The predicted octanol–water partition coefficient (Wildman–Crippen LogP) is 5.72. The second-order valence-electron chi connectivity index (χ2n) is 5.16. The van der Waals surface area contributed by atoms with Crippen molar-refractivity contribution < 1.29 is 0 Å². The summed E-state index contributed by atoms with van der Waals surface area (Å²) < 4.78 is 0. The SMILES string of the molecule is CNc1ccccc1.c1ccc2cc3ccccc3cc2c1. The number of hydrogen-bond donors (Lipinski definition) is 1. The number of benzene rings is 4. The summed E-state index contributed by atoms with van der Waals surface area (Å²) in [6.07, 6.45) is 0. The molecule has 0 fully saturated rings. The Hall–Kier alpha value is -2.80. The molecule has 0 heterocycles. The minimum absolute atomic E-state index is 1.16. The molecule has 0 aromatic heterocycles. The van der Waals surface area contributed by atoms with Gasteiger partial charge in [-0.3, -0.25) is 0 Å². The van der Waals surface area contributed by atoms with E-state index in [1.165, 1.54) is 21.5 Å². The van der Waals surface area contributed by atoms with Gasteiger partial charge in [0.05, 0.1) is 0 Å². The molecule has 0 bridgehead atoms. The van der Waals surface area contributed by atoms with Gasteiger partial charge in [-0.15, -0.1) is 0 Å². The van der Waals surface area contributed by atoms with Gasteiger partial charge in [-0.1, -0.05) is 66.7 Å². The predicted molar refractivity (Wildman–Crippen MR) is 97.4 cm³/mol. The Morgan fingerprint density at radius 3 is 1.18 bits per heavy atom. The van der Waals surface area contributed by atoms with Crippen LogP contribution in [0.25, 0.3) is 21.5 Å². The lowest BCUT2D eigenvalue weighted by Gasteiger charge is -2.00. The molecule has 1 nitrogen and oxygen atoms in total. The summed E-state index contributed by atoms with van der Waals surface area (Å²) in [6.45, 7) is 0. The van der Waals surface area contributed by atoms with Crippen molar-refractivity contribution in [1.82, 2.24) is 0 Å². The molecule has 0 aliphatic rings. The van der Waals surface area contributed by atoms with Gasteiger partial charge >= 0.3 is 0 Å². The first-order valence-electron chi connectivity index (χ1n) is 7.47. The van der Waals surface area contributed by atoms with Gasteiger partial charge in [0.2, 0.25) is 0 Å². The van der Waals surface area contributed by atoms with E-state index < -0.39 is 0 Å². The fraction of sp³-hybridized carbons (Fsp3) is 0.0476. The average molecular weight is 285 g/mol. The van der Waals surface area contributed by atoms with E-state index in [1.807, 2.05) is 37.4 Å². The zero-order chi connectivity index (χ0) is 15.2. The Labute approximate surface area is 131 Å². The molecule has 1 N–H and O–H groups in total. The minimum atomic E-state index is 1.16. The van der Waals surface area contributed by atoms with Gasteiger partial charge in [-0.05, 0) is 45.8 Å². The molecule has 1 heteroatoms. The second-order valence-corrected chi connectivity index (χ2v) is 5.16. The first kappa shape index (κ1) is 14.2. The molecule has 108 valence electrons. The molecule has 0 spiro atoms. The van der Waals surface area contributed by atoms with Crippen LogP contribution in [0.15, 0.2) is 91.0 Å². The zero-order valence-corrected chi connectivity index (χ0v) is 12.7. The molecule has 22 heavy (non-hydrogen) atoms. The molecule has 0 radical (unpaired) electrons. The van der Waals surface area contributed by atoms with Gasteiger partial charge in [0.15, 0.2) is 0 Å². The molecule has 4 aromatic rings. The third-order valence-corrected chi connectivity index (χ3v) is 3.68. The van der Waals surface area contributed by atoms with Gasteiger partial charge < -0.3 is 5.32 Å². The number of anilines is 1. The Bertz CT molecular complexity index is 761. The number of hydrogen-bond acceptors (Lipinski definition) is 1. The van der Waals surface area contributed by atoms with Crippen molar-refractivity contribution in [2.45, 2.75) is 0 Å². The molecular weight excluding hydrogens is 266 g/mol. The average Bonchev–Trinajstić information content (AvgIpc) is 2.61. The van der Waals surface area contributed by atoms with Gasteiger partial charge in [-0.25, -0.2) is 0 Å². The van der Waals surface area contributed by atoms with Crippen molar-refractivity contribution in [1.29, 1.82) is 0 Å². The van der Waals surface area contributed by atoms with E-state index in [9.17, 15) is 0 Å². The van der Waals surface area contributed by atoms with E-state index >= 15 is 0 Å². The lowest BCUT2D eigenvalue weighted by Crippen LogP contribution is -1.84. The lowest BCUT2D eigenvalue weighted by molar-refractivity contribution is 1.51. The Morgan fingerprint density at radius 1 is 0.500 bits per heavy atom. The first-order valence-corrected chi connectivity index (χ1v) is 7.47. The van der Waals surface area contributed by atoms with Crippen molar-refractivity contribution in [3.05, 3.63) is 91.0 Å². The van der Waals surface area contributed by atoms with E-state index in [4.69, 9.17) is 0 Å². The van der Waals surface area contributed by atoms with Crippen molar-refractivity contribution in [2.75, 3.05) is 12.4 Å². The number of nitrogens with one attached hydrogen (secondary N) is 1. The van der Waals surface area contributed by atoms with Gasteiger partial charge in [0, 0.05) is 12.7 Å². The number of para-hydroxylation sites is 1. The second kappa shape index (κ2) is 6.77. The van der Waals surface area contributed by atoms with Crippen LogP contribution in [0, 0.1) is 0 Å². The molecule has 0 atom stereocenters. The van der Waals surface area contributed by atoms with Crippen LogP contribution in [0.1, 0.15) is 0 Å². The van der Waals surface area contributed by atoms with Gasteiger partial charge in [-0.2, -0.15) is 0 Å². The van der Waals surface area contributed by atoms with E-state index in [0.717, 1.165) is 5.69 Å². The molecule has 4 aromatic carbocycles. The topological polar surface area (TPSA) is 12.0 Å². The van der Waals surface area contributed by atoms with Crippen molar-refractivity contribution >= 4 is 27.2 Å². The Kier molecular flexibility index (Phi) is 4.35. The number of fused-ring (bicyclic) bond motifs is 2. The van der Waals surface area contributed by atoms with Crippen LogP contribution in [0.2, 0.25) is 0 Å². The summed E-state index contributed by atoms with van der Waals surface area (Å²) in [4.78, 5) is 0. The maximum absolute atomic E-state index is 3.03. The summed E-state index contributed by atoms with van der Waals surface area (Å²) in [5.41, 5.74) is 1.16. The highest BCUT2D eigenvalue weighted by atomic mass is 14.8. The van der Waals surface area contributed by atoms with Crippen LogP contribution >= 0.6 is 0 Å². The molecule has 0 saturated carbocycles. The largest absolute Gasteiger partial charge is 0.388 e. The molecule has 0 saturated heterocycles. The fourth-order valence-electron chi connectivity index (χ4n) is 2.49.